The van der Waals surface area contributed by atoms with E-state index in [0.717, 1.165) is 62.5 Å². The molecule has 0 bridgehead atoms. The molecule has 3 aromatic heterocycles. The SMILES string of the molecule is CC1(C)CCC2=C(C1=O)C(c1ccc(Sc3nc4ccccc4[nH]3)o1)c1cn[nH]c1N2. The molecule has 1 atom stereocenters. The number of furan rings is 1. The summed E-state index contributed by atoms with van der Waals surface area (Å²) in [6, 6.07) is 11.8. The highest BCUT2D eigenvalue weighted by atomic mass is 32.2. The van der Waals surface area contributed by atoms with Gasteiger partial charge in [-0.3, -0.25) is 9.89 Å². The van der Waals surface area contributed by atoms with Gasteiger partial charge in [-0.25, -0.2) is 4.98 Å². The number of hydrogen-bond acceptors (Lipinski definition) is 6. The van der Waals surface area contributed by atoms with E-state index in [2.05, 4.69) is 25.5 Å². The normalized spacial score (nSPS) is 19.9. The topological polar surface area (TPSA) is 99.6 Å². The van der Waals surface area contributed by atoms with Crippen molar-refractivity contribution in [1.29, 1.82) is 0 Å². The van der Waals surface area contributed by atoms with Crippen LogP contribution in [0.2, 0.25) is 0 Å². The van der Waals surface area contributed by atoms with Crippen LogP contribution >= 0.6 is 11.8 Å². The molecule has 0 amide bonds. The molecule has 0 saturated carbocycles. The molecule has 156 valence electrons. The number of rotatable bonds is 3. The maximum Gasteiger partial charge on any atom is 0.174 e. The van der Waals surface area contributed by atoms with Gasteiger partial charge in [0, 0.05) is 22.2 Å². The van der Waals surface area contributed by atoms with Gasteiger partial charge >= 0.3 is 0 Å². The van der Waals surface area contributed by atoms with Crippen LogP contribution in [0.5, 0.6) is 0 Å². The molecule has 3 N–H and O–H groups in total. The van der Waals surface area contributed by atoms with Gasteiger partial charge in [0.05, 0.1) is 23.1 Å². The molecule has 4 heterocycles. The third kappa shape index (κ3) is 2.93. The molecule has 0 spiro atoms. The predicted molar refractivity (Wildman–Crippen MR) is 118 cm³/mol. The Labute approximate surface area is 182 Å². The molecule has 0 saturated heterocycles. The summed E-state index contributed by atoms with van der Waals surface area (Å²) in [4.78, 5) is 21.3. The molecule has 8 heteroatoms. The van der Waals surface area contributed by atoms with Crippen molar-refractivity contribution in [2.45, 2.75) is 42.9 Å². The van der Waals surface area contributed by atoms with Crippen molar-refractivity contribution in [2.24, 2.45) is 5.41 Å². The van der Waals surface area contributed by atoms with E-state index in [1.54, 1.807) is 6.20 Å². The summed E-state index contributed by atoms with van der Waals surface area (Å²) in [5.41, 5.74) is 4.21. The molecule has 0 radical (unpaired) electrons. The molecule has 1 aliphatic carbocycles. The monoisotopic (exact) mass is 431 g/mol. The summed E-state index contributed by atoms with van der Waals surface area (Å²) in [6.07, 6.45) is 3.42. The van der Waals surface area contributed by atoms with Crippen LogP contribution in [0.25, 0.3) is 11.0 Å². The number of benzene rings is 1. The quantitative estimate of drug-likeness (QED) is 0.411. The highest BCUT2D eigenvalue weighted by Gasteiger charge is 2.44. The summed E-state index contributed by atoms with van der Waals surface area (Å²) in [5.74, 6) is 1.46. The van der Waals surface area contributed by atoms with Crippen LogP contribution in [0.3, 0.4) is 0 Å². The number of fused-ring (bicyclic) bond motifs is 2. The zero-order valence-electron chi connectivity index (χ0n) is 17.2. The van der Waals surface area contributed by atoms with Crippen LogP contribution in [0, 0.1) is 5.41 Å². The Morgan fingerprint density at radius 3 is 2.94 bits per heavy atom. The summed E-state index contributed by atoms with van der Waals surface area (Å²) in [5, 5.41) is 12.1. The fourth-order valence-electron chi connectivity index (χ4n) is 4.46. The number of imidazole rings is 1. The molecule has 31 heavy (non-hydrogen) atoms. The van der Waals surface area contributed by atoms with Crippen molar-refractivity contribution in [3.8, 4) is 0 Å². The highest BCUT2D eigenvalue weighted by molar-refractivity contribution is 7.99. The second-order valence-electron chi connectivity index (χ2n) is 8.68. The lowest BCUT2D eigenvalue weighted by molar-refractivity contribution is -0.124. The minimum atomic E-state index is -0.390. The second-order valence-corrected chi connectivity index (χ2v) is 9.67. The zero-order chi connectivity index (χ0) is 21.2. The van der Waals surface area contributed by atoms with Gasteiger partial charge in [-0.2, -0.15) is 5.10 Å². The van der Waals surface area contributed by atoms with Gasteiger partial charge in [0.2, 0.25) is 0 Å². The lowest BCUT2D eigenvalue weighted by Gasteiger charge is -2.37. The number of carbonyl (C=O) groups excluding carboxylic acids is 1. The zero-order valence-corrected chi connectivity index (χ0v) is 18.0. The molecule has 0 fully saturated rings. The van der Waals surface area contributed by atoms with Crippen molar-refractivity contribution < 1.29 is 9.21 Å². The Morgan fingerprint density at radius 2 is 2.06 bits per heavy atom. The number of nitrogens with zero attached hydrogens (tertiary/aromatic N) is 2. The average molecular weight is 432 g/mol. The van der Waals surface area contributed by atoms with Crippen LogP contribution in [0.15, 0.2) is 68.5 Å². The van der Waals surface area contributed by atoms with E-state index in [0.29, 0.717) is 0 Å². The minimum Gasteiger partial charge on any atom is -0.453 e. The first-order valence-corrected chi connectivity index (χ1v) is 11.1. The molecule has 1 aliphatic heterocycles. The number of allylic oxidation sites excluding steroid dienone is 2. The van der Waals surface area contributed by atoms with E-state index < -0.39 is 5.41 Å². The number of aromatic nitrogens is 4. The number of aromatic amines is 2. The number of ketones is 1. The number of para-hydroxylation sites is 2. The second kappa shape index (κ2) is 6.62. The lowest BCUT2D eigenvalue weighted by atomic mass is 9.69. The predicted octanol–water partition coefficient (Wildman–Crippen LogP) is 5.23. The van der Waals surface area contributed by atoms with Gasteiger partial charge in [-0.1, -0.05) is 26.0 Å². The average Bonchev–Trinajstić information content (AvgIpc) is 3.48. The first-order chi connectivity index (χ1) is 15.0. The number of H-pyrrole nitrogens is 2. The van der Waals surface area contributed by atoms with Crippen LogP contribution in [0.1, 0.15) is 43.9 Å². The van der Waals surface area contributed by atoms with Crippen LogP contribution in [0.4, 0.5) is 5.82 Å². The molecule has 1 unspecified atom stereocenters. The van der Waals surface area contributed by atoms with Gasteiger partial charge in [0.1, 0.15) is 11.6 Å². The summed E-state index contributed by atoms with van der Waals surface area (Å²) in [6.45, 7) is 4.04. The minimum absolute atomic E-state index is 0.168. The largest absolute Gasteiger partial charge is 0.453 e. The number of hydrogen-bond donors (Lipinski definition) is 3. The standard InChI is InChI=1S/C23H21N5O2S/c1-23(2)10-9-15-19(20(23)29)18(12-11-24-28-21(12)25-15)16-7-8-17(30-16)31-22-26-13-5-3-4-6-14(13)27-22/h3-8,11,18H,9-10H2,1-2H3,(H,26,27)(H2,24,25,28). The Morgan fingerprint density at radius 1 is 1.19 bits per heavy atom. The molecule has 7 nitrogen and oxygen atoms in total. The Kier molecular flexibility index (Phi) is 3.95. The van der Waals surface area contributed by atoms with E-state index in [-0.39, 0.29) is 11.7 Å². The third-order valence-electron chi connectivity index (χ3n) is 6.18. The van der Waals surface area contributed by atoms with Crippen molar-refractivity contribution in [3.05, 3.63) is 65.2 Å². The van der Waals surface area contributed by atoms with Crippen molar-refractivity contribution in [3.63, 3.8) is 0 Å². The van der Waals surface area contributed by atoms with Crippen molar-refractivity contribution in [1.82, 2.24) is 20.2 Å². The fraction of sp³-hybridized carbons (Fsp3) is 0.261. The number of carbonyl (C=O) groups is 1. The Balaban J connectivity index is 1.38. The number of Topliss-reactive ketones (excluding diaryl/α,β-unsaturated/α-hetero) is 1. The van der Waals surface area contributed by atoms with Gasteiger partial charge < -0.3 is 14.7 Å². The molecular weight excluding hydrogens is 410 g/mol. The van der Waals surface area contributed by atoms with E-state index in [9.17, 15) is 4.79 Å². The summed E-state index contributed by atoms with van der Waals surface area (Å²) in [7, 11) is 0. The molecule has 6 rings (SSSR count). The van der Waals surface area contributed by atoms with Crippen LogP contribution in [-0.2, 0) is 4.79 Å². The van der Waals surface area contributed by atoms with Crippen molar-refractivity contribution >= 4 is 34.4 Å². The van der Waals surface area contributed by atoms with E-state index in [1.807, 2.05) is 50.2 Å². The summed E-state index contributed by atoms with van der Waals surface area (Å²) >= 11 is 1.44. The fourth-order valence-corrected chi connectivity index (χ4v) is 5.23. The van der Waals surface area contributed by atoms with Crippen molar-refractivity contribution in [2.75, 3.05) is 5.32 Å². The Hall–Kier alpha value is -3.26. The lowest BCUT2D eigenvalue weighted by Crippen LogP contribution is -2.36. The van der Waals surface area contributed by atoms with E-state index in [4.69, 9.17) is 4.42 Å². The van der Waals surface area contributed by atoms with Crippen LogP contribution in [-0.4, -0.2) is 25.9 Å². The maximum absolute atomic E-state index is 13.4. The van der Waals surface area contributed by atoms with Gasteiger partial charge in [0.15, 0.2) is 16.0 Å². The molecule has 2 aliphatic rings. The van der Waals surface area contributed by atoms with Gasteiger partial charge in [-0.15, -0.1) is 0 Å². The molecule has 1 aromatic carbocycles. The van der Waals surface area contributed by atoms with Gasteiger partial charge in [-0.05, 0) is 48.9 Å². The number of nitrogens with one attached hydrogen (secondary N) is 3. The Bertz CT molecular complexity index is 1330. The molecule has 4 aromatic rings. The van der Waals surface area contributed by atoms with Gasteiger partial charge in [0.25, 0.3) is 0 Å². The first-order valence-electron chi connectivity index (χ1n) is 10.3. The van der Waals surface area contributed by atoms with E-state index >= 15 is 0 Å². The number of anilines is 1. The highest BCUT2D eigenvalue weighted by Crippen LogP contribution is 2.49. The summed E-state index contributed by atoms with van der Waals surface area (Å²) < 4.78 is 6.26. The van der Waals surface area contributed by atoms with E-state index in [1.165, 1.54) is 11.8 Å². The molecular formula is C23H21N5O2S. The van der Waals surface area contributed by atoms with Crippen LogP contribution < -0.4 is 5.32 Å². The smallest absolute Gasteiger partial charge is 0.174 e. The third-order valence-corrected chi connectivity index (χ3v) is 6.99. The first kappa shape index (κ1) is 18.5. The maximum atomic E-state index is 13.4.